The molecule has 1 atom stereocenters. The molecule has 1 aliphatic rings. The van der Waals surface area contributed by atoms with Gasteiger partial charge in [-0.3, -0.25) is 0 Å². The van der Waals surface area contributed by atoms with Gasteiger partial charge in [-0.25, -0.2) is 0 Å². The van der Waals surface area contributed by atoms with Crippen LogP contribution in [0.25, 0.3) is 27.6 Å². The van der Waals surface area contributed by atoms with Gasteiger partial charge in [0.15, 0.2) is 0 Å². The monoisotopic (exact) mass is 306 g/mol. The maximum absolute atomic E-state index is 2.34. The van der Waals surface area contributed by atoms with E-state index in [0.717, 1.165) is 0 Å². The summed E-state index contributed by atoms with van der Waals surface area (Å²) in [5, 5.41) is 5.38. The lowest BCUT2D eigenvalue weighted by Gasteiger charge is -2.19. The Hall–Kier alpha value is -2.86. The van der Waals surface area contributed by atoms with Crippen molar-refractivity contribution in [2.24, 2.45) is 0 Å². The Morgan fingerprint density at radius 1 is 0.625 bits per heavy atom. The van der Waals surface area contributed by atoms with E-state index in [4.69, 9.17) is 0 Å². The fraction of sp³-hybridized carbons (Fsp3) is 0.0833. The number of hydrogen-bond donors (Lipinski definition) is 0. The number of benzene rings is 4. The smallest absolute Gasteiger partial charge is 0.0311 e. The van der Waals surface area contributed by atoms with Crippen molar-refractivity contribution >= 4 is 27.6 Å². The minimum Gasteiger partial charge on any atom is -0.0619 e. The van der Waals surface area contributed by atoms with Crippen molar-refractivity contribution in [3.63, 3.8) is 0 Å². The highest BCUT2D eigenvalue weighted by molar-refractivity contribution is 6.09. The topological polar surface area (TPSA) is 0 Å². The first-order valence-electron chi connectivity index (χ1n) is 8.50. The fourth-order valence-corrected chi connectivity index (χ4v) is 4.22. The van der Waals surface area contributed by atoms with E-state index in [9.17, 15) is 0 Å². The van der Waals surface area contributed by atoms with Gasteiger partial charge in [0.1, 0.15) is 0 Å². The molecule has 0 heteroatoms. The molecular formula is C24H18. The van der Waals surface area contributed by atoms with Gasteiger partial charge in [0.05, 0.1) is 0 Å². The minimum absolute atomic E-state index is 0.357. The lowest BCUT2D eigenvalue weighted by molar-refractivity contribution is 0.989. The van der Waals surface area contributed by atoms with E-state index in [1.807, 2.05) is 0 Å². The van der Waals surface area contributed by atoms with Gasteiger partial charge >= 0.3 is 0 Å². The van der Waals surface area contributed by atoms with Crippen LogP contribution in [0.15, 0.2) is 84.4 Å². The molecule has 24 heavy (non-hydrogen) atoms. The molecule has 0 nitrogen and oxygen atoms in total. The average molecular weight is 306 g/mol. The average Bonchev–Trinajstić information content (AvgIpc) is 2.96. The van der Waals surface area contributed by atoms with E-state index in [2.05, 4.69) is 91.9 Å². The summed E-state index contributed by atoms with van der Waals surface area (Å²) in [6.07, 6.45) is 2.34. The molecule has 0 saturated heterocycles. The second kappa shape index (κ2) is 5.07. The zero-order valence-electron chi connectivity index (χ0n) is 13.7. The molecule has 114 valence electrons. The Morgan fingerprint density at radius 3 is 2.29 bits per heavy atom. The first-order chi connectivity index (χ1) is 11.8. The maximum atomic E-state index is 2.34. The molecule has 5 rings (SSSR count). The maximum Gasteiger partial charge on any atom is 0.0311 e. The molecule has 0 saturated carbocycles. The highest BCUT2D eigenvalue weighted by atomic mass is 14.3. The Bertz CT molecular complexity index is 1120. The van der Waals surface area contributed by atoms with Crippen LogP contribution in [-0.2, 0) is 0 Å². The number of fused-ring (bicyclic) bond motifs is 4. The standard InChI is InChI=1S/C24H18/c1-16-15-19-8-3-5-11-21(19)23(16)22-12-6-9-18-14-13-17-7-2-4-10-20(17)24(18)22/h2-15,23H,1H3. The first kappa shape index (κ1) is 13.6. The van der Waals surface area contributed by atoms with Crippen LogP contribution in [0, 0.1) is 0 Å². The van der Waals surface area contributed by atoms with Gasteiger partial charge in [0.2, 0.25) is 0 Å². The van der Waals surface area contributed by atoms with Crippen LogP contribution >= 0.6 is 0 Å². The van der Waals surface area contributed by atoms with Crippen LogP contribution < -0.4 is 0 Å². The normalized spacial score (nSPS) is 16.4. The molecule has 0 aliphatic heterocycles. The molecule has 1 unspecified atom stereocenters. The summed E-state index contributed by atoms with van der Waals surface area (Å²) >= 11 is 0. The number of allylic oxidation sites excluding steroid dienone is 1. The Morgan fingerprint density at radius 2 is 1.33 bits per heavy atom. The molecule has 0 amide bonds. The van der Waals surface area contributed by atoms with Crippen molar-refractivity contribution in [2.75, 3.05) is 0 Å². The number of hydrogen-bond acceptors (Lipinski definition) is 0. The number of rotatable bonds is 1. The SMILES string of the molecule is CC1=Cc2ccccc2C1c1cccc2ccc3ccccc3c12. The third-order valence-electron chi connectivity index (χ3n) is 5.26. The van der Waals surface area contributed by atoms with E-state index < -0.39 is 0 Å². The van der Waals surface area contributed by atoms with Crippen molar-refractivity contribution < 1.29 is 0 Å². The molecule has 0 aromatic heterocycles. The van der Waals surface area contributed by atoms with Gasteiger partial charge in [0, 0.05) is 5.92 Å². The largest absolute Gasteiger partial charge is 0.0619 e. The molecule has 0 bridgehead atoms. The summed E-state index contributed by atoms with van der Waals surface area (Å²) in [7, 11) is 0. The van der Waals surface area contributed by atoms with Gasteiger partial charge in [-0.2, -0.15) is 0 Å². The summed E-state index contributed by atoms with van der Waals surface area (Å²) in [5.74, 6) is 0.357. The Balaban J connectivity index is 1.88. The molecule has 4 aromatic rings. The van der Waals surface area contributed by atoms with Crippen LogP contribution in [0.2, 0.25) is 0 Å². The lowest BCUT2D eigenvalue weighted by atomic mass is 9.84. The zero-order chi connectivity index (χ0) is 16.1. The van der Waals surface area contributed by atoms with Gasteiger partial charge in [-0.1, -0.05) is 90.5 Å². The van der Waals surface area contributed by atoms with E-state index in [1.165, 1.54) is 43.8 Å². The van der Waals surface area contributed by atoms with Crippen LogP contribution in [0.1, 0.15) is 29.5 Å². The quantitative estimate of drug-likeness (QED) is 0.350. The molecule has 0 fully saturated rings. The Labute approximate surface area is 142 Å². The van der Waals surface area contributed by atoms with Crippen molar-refractivity contribution in [1.82, 2.24) is 0 Å². The van der Waals surface area contributed by atoms with Gasteiger partial charge < -0.3 is 0 Å². The summed E-state index contributed by atoms with van der Waals surface area (Å²) in [5.41, 5.74) is 5.63. The van der Waals surface area contributed by atoms with Crippen molar-refractivity contribution in [1.29, 1.82) is 0 Å². The van der Waals surface area contributed by atoms with Gasteiger partial charge in [-0.05, 0) is 45.2 Å². The summed E-state index contributed by atoms with van der Waals surface area (Å²) in [6.45, 7) is 2.26. The molecule has 4 aromatic carbocycles. The molecule has 1 aliphatic carbocycles. The second-order valence-electron chi connectivity index (χ2n) is 6.68. The van der Waals surface area contributed by atoms with E-state index in [1.54, 1.807) is 0 Å². The summed E-state index contributed by atoms with van der Waals surface area (Å²) in [6, 6.07) is 28.7. The van der Waals surface area contributed by atoms with E-state index in [-0.39, 0.29) is 0 Å². The van der Waals surface area contributed by atoms with Gasteiger partial charge in [-0.15, -0.1) is 0 Å². The second-order valence-corrected chi connectivity index (χ2v) is 6.68. The fourth-order valence-electron chi connectivity index (χ4n) is 4.22. The zero-order valence-corrected chi connectivity index (χ0v) is 13.7. The molecular weight excluding hydrogens is 288 g/mol. The molecule has 0 heterocycles. The van der Waals surface area contributed by atoms with Crippen LogP contribution in [0.5, 0.6) is 0 Å². The van der Waals surface area contributed by atoms with Crippen molar-refractivity contribution in [3.05, 3.63) is 101 Å². The van der Waals surface area contributed by atoms with E-state index in [0.29, 0.717) is 5.92 Å². The summed E-state index contributed by atoms with van der Waals surface area (Å²) in [4.78, 5) is 0. The van der Waals surface area contributed by atoms with Crippen molar-refractivity contribution in [3.8, 4) is 0 Å². The van der Waals surface area contributed by atoms with E-state index >= 15 is 0 Å². The van der Waals surface area contributed by atoms with Crippen molar-refractivity contribution in [2.45, 2.75) is 12.8 Å². The summed E-state index contributed by atoms with van der Waals surface area (Å²) < 4.78 is 0. The van der Waals surface area contributed by atoms with Crippen LogP contribution in [0.3, 0.4) is 0 Å². The lowest BCUT2D eigenvalue weighted by Crippen LogP contribution is -2.01. The minimum atomic E-state index is 0.357. The first-order valence-corrected chi connectivity index (χ1v) is 8.50. The third-order valence-corrected chi connectivity index (χ3v) is 5.26. The van der Waals surface area contributed by atoms with Crippen LogP contribution in [-0.4, -0.2) is 0 Å². The predicted molar refractivity (Wildman–Crippen MR) is 103 cm³/mol. The Kier molecular flexibility index (Phi) is 2.87. The molecule has 0 radical (unpaired) electrons. The highest BCUT2D eigenvalue weighted by Crippen LogP contribution is 2.44. The predicted octanol–water partition coefficient (Wildman–Crippen LogP) is 6.54. The van der Waals surface area contributed by atoms with Gasteiger partial charge in [0.25, 0.3) is 0 Å². The molecule has 0 spiro atoms. The molecule has 0 N–H and O–H groups in total. The highest BCUT2D eigenvalue weighted by Gasteiger charge is 2.25. The third kappa shape index (κ3) is 1.86. The van der Waals surface area contributed by atoms with Crippen LogP contribution in [0.4, 0.5) is 0 Å².